The maximum atomic E-state index is 13.2. The van der Waals surface area contributed by atoms with Crippen LogP contribution in [0.2, 0.25) is 0 Å². The standard InChI is InChI=1S/C11H15BrFNO3S/c1-2-17-7-3-6-14-18(15,16)9-4-5-10(12)11(13)8-9/h4-5,8,14H,2-3,6-7H2,1H3. The zero-order valence-corrected chi connectivity index (χ0v) is 12.4. The van der Waals surface area contributed by atoms with Crippen LogP contribution >= 0.6 is 15.9 Å². The summed E-state index contributed by atoms with van der Waals surface area (Å²) in [5, 5.41) is 0. The number of nitrogens with one attached hydrogen (secondary N) is 1. The van der Waals surface area contributed by atoms with Crippen LogP contribution in [0.5, 0.6) is 0 Å². The fraction of sp³-hybridized carbons (Fsp3) is 0.455. The highest BCUT2D eigenvalue weighted by Crippen LogP contribution is 2.19. The summed E-state index contributed by atoms with van der Waals surface area (Å²) in [5.74, 6) is -0.604. The van der Waals surface area contributed by atoms with Gasteiger partial charge in [-0.15, -0.1) is 0 Å². The molecule has 0 bridgehead atoms. The minimum Gasteiger partial charge on any atom is -0.382 e. The fourth-order valence-electron chi connectivity index (χ4n) is 1.25. The number of rotatable bonds is 7. The maximum Gasteiger partial charge on any atom is 0.240 e. The van der Waals surface area contributed by atoms with E-state index in [0.29, 0.717) is 19.6 Å². The number of hydrogen-bond acceptors (Lipinski definition) is 3. The lowest BCUT2D eigenvalue weighted by atomic mass is 10.3. The molecule has 0 fully saturated rings. The second-order valence-corrected chi connectivity index (χ2v) is 6.15. The van der Waals surface area contributed by atoms with Crippen LogP contribution in [-0.4, -0.2) is 28.2 Å². The van der Waals surface area contributed by atoms with Crippen molar-refractivity contribution >= 4 is 26.0 Å². The number of hydrogen-bond donors (Lipinski definition) is 1. The van der Waals surface area contributed by atoms with Crippen molar-refractivity contribution < 1.29 is 17.5 Å². The molecule has 0 unspecified atom stereocenters. The Hall–Kier alpha value is -0.500. The number of sulfonamides is 1. The largest absolute Gasteiger partial charge is 0.382 e. The summed E-state index contributed by atoms with van der Waals surface area (Å²) in [6.07, 6.45) is 0.575. The number of benzene rings is 1. The molecule has 0 atom stereocenters. The Morgan fingerprint density at radius 1 is 1.44 bits per heavy atom. The van der Waals surface area contributed by atoms with E-state index in [1.807, 2.05) is 6.92 Å². The van der Waals surface area contributed by atoms with Gasteiger partial charge in [0.25, 0.3) is 0 Å². The molecule has 0 aliphatic heterocycles. The van der Waals surface area contributed by atoms with Gasteiger partial charge in [-0.05, 0) is 47.5 Å². The first-order valence-corrected chi connectivity index (χ1v) is 7.77. The van der Waals surface area contributed by atoms with Crippen molar-refractivity contribution in [3.63, 3.8) is 0 Å². The molecule has 0 saturated heterocycles. The van der Waals surface area contributed by atoms with Gasteiger partial charge in [0.05, 0.1) is 9.37 Å². The highest BCUT2D eigenvalue weighted by Gasteiger charge is 2.14. The third kappa shape index (κ3) is 4.64. The SMILES string of the molecule is CCOCCCNS(=O)(=O)c1ccc(Br)c(F)c1. The van der Waals surface area contributed by atoms with Crippen LogP contribution in [0.1, 0.15) is 13.3 Å². The smallest absolute Gasteiger partial charge is 0.240 e. The molecule has 1 rings (SSSR count). The molecule has 7 heteroatoms. The highest BCUT2D eigenvalue weighted by molar-refractivity contribution is 9.10. The van der Waals surface area contributed by atoms with Crippen molar-refractivity contribution in [2.24, 2.45) is 0 Å². The summed E-state index contributed by atoms with van der Waals surface area (Å²) in [6.45, 7) is 3.23. The molecule has 0 aliphatic carbocycles. The second kappa shape index (κ2) is 7.18. The molecule has 0 aliphatic rings. The van der Waals surface area contributed by atoms with Crippen molar-refractivity contribution in [1.82, 2.24) is 4.72 Å². The Morgan fingerprint density at radius 2 is 2.17 bits per heavy atom. The number of halogens is 2. The average Bonchev–Trinajstić information content (AvgIpc) is 2.32. The maximum absolute atomic E-state index is 13.2. The lowest BCUT2D eigenvalue weighted by Crippen LogP contribution is -2.25. The predicted molar refractivity (Wildman–Crippen MR) is 70.4 cm³/mol. The Kier molecular flexibility index (Phi) is 6.20. The second-order valence-electron chi connectivity index (χ2n) is 3.52. The molecule has 18 heavy (non-hydrogen) atoms. The van der Waals surface area contributed by atoms with Crippen LogP contribution < -0.4 is 4.72 Å². The highest BCUT2D eigenvalue weighted by atomic mass is 79.9. The first-order chi connectivity index (χ1) is 8.47. The van der Waals surface area contributed by atoms with Crippen LogP contribution in [0.4, 0.5) is 4.39 Å². The summed E-state index contributed by atoms with van der Waals surface area (Å²) in [5.41, 5.74) is 0. The van der Waals surface area contributed by atoms with Crippen molar-refractivity contribution in [3.05, 3.63) is 28.5 Å². The van der Waals surface area contributed by atoms with Crippen LogP contribution in [0, 0.1) is 5.82 Å². The molecule has 1 aromatic carbocycles. The van der Waals surface area contributed by atoms with Gasteiger partial charge in [0, 0.05) is 19.8 Å². The molecular formula is C11H15BrFNO3S. The average molecular weight is 340 g/mol. The van der Waals surface area contributed by atoms with Gasteiger partial charge in [-0.2, -0.15) is 0 Å². The van der Waals surface area contributed by atoms with E-state index in [4.69, 9.17) is 4.74 Å². The Labute approximate surface area is 115 Å². The van der Waals surface area contributed by atoms with Gasteiger partial charge in [-0.1, -0.05) is 0 Å². The zero-order valence-electron chi connectivity index (χ0n) is 9.95. The lowest BCUT2D eigenvalue weighted by molar-refractivity contribution is 0.146. The van der Waals surface area contributed by atoms with Crippen LogP contribution in [0.25, 0.3) is 0 Å². The molecular weight excluding hydrogens is 325 g/mol. The first-order valence-electron chi connectivity index (χ1n) is 5.50. The van der Waals surface area contributed by atoms with Gasteiger partial charge in [0.15, 0.2) is 0 Å². The van der Waals surface area contributed by atoms with E-state index in [0.717, 1.165) is 6.07 Å². The third-order valence-corrected chi connectivity index (χ3v) is 4.26. The normalized spacial score (nSPS) is 11.7. The molecule has 102 valence electrons. The minimum atomic E-state index is -3.65. The summed E-state index contributed by atoms with van der Waals surface area (Å²) in [6, 6.07) is 3.69. The van der Waals surface area contributed by atoms with E-state index >= 15 is 0 Å². The Bertz CT molecular complexity index is 493. The van der Waals surface area contributed by atoms with Gasteiger partial charge in [-0.25, -0.2) is 17.5 Å². The summed E-state index contributed by atoms with van der Waals surface area (Å²) in [4.78, 5) is -0.0837. The van der Waals surface area contributed by atoms with Gasteiger partial charge < -0.3 is 4.74 Å². The summed E-state index contributed by atoms with van der Waals surface area (Å²) >= 11 is 2.97. The summed E-state index contributed by atoms with van der Waals surface area (Å²) in [7, 11) is -3.65. The van der Waals surface area contributed by atoms with E-state index in [1.54, 1.807) is 0 Å². The quantitative estimate of drug-likeness (QED) is 0.775. The molecule has 0 radical (unpaired) electrons. The lowest BCUT2D eigenvalue weighted by Gasteiger charge is -2.07. The molecule has 1 aromatic rings. The molecule has 4 nitrogen and oxygen atoms in total. The van der Waals surface area contributed by atoms with E-state index < -0.39 is 15.8 Å². The molecule has 0 heterocycles. The van der Waals surface area contributed by atoms with Crippen LogP contribution in [0.15, 0.2) is 27.6 Å². The van der Waals surface area contributed by atoms with Gasteiger partial charge in [-0.3, -0.25) is 0 Å². The van der Waals surface area contributed by atoms with Gasteiger partial charge in [0.1, 0.15) is 5.82 Å². The van der Waals surface area contributed by atoms with Gasteiger partial charge in [0.2, 0.25) is 10.0 Å². The van der Waals surface area contributed by atoms with Crippen LogP contribution in [0.3, 0.4) is 0 Å². The minimum absolute atomic E-state index is 0.0837. The molecule has 0 amide bonds. The van der Waals surface area contributed by atoms with E-state index in [2.05, 4.69) is 20.7 Å². The fourth-order valence-corrected chi connectivity index (χ4v) is 2.58. The van der Waals surface area contributed by atoms with E-state index in [9.17, 15) is 12.8 Å². The summed E-state index contributed by atoms with van der Waals surface area (Å²) < 4.78 is 44.5. The van der Waals surface area contributed by atoms with E-state index in [1.165, 1.54) is 12.1 Å². The van der Waals surface area contributed by atoms with Crippen molar-refractivity contribution in [1.29, 1.82) is 0 Å². The van der Waals surface area contributed by atoms with Crippen molar-refractivity contribution in [2.75, 3.05) is 19.8 Å². The molecule has 1 N–H and O–H groups in total. The molecule has 0 saturated carbocycles. The Morgan fingerprint density at radius 3 is 2.78 bits per heavy atom. The van der Waals surface area contributed by atoms with Crippen molar-refractivity contribution in [3.8, 4) is 0 Å². The first kappa shape index (κ1) is 15.6. The molecule has 0 aromatic heterocycles. The zero-order chi connectivity index (χ0) is 13.6. The third-order valence-electron chi connectivity index (χ3n) is 2.16. The topological polar surface area (TPSA) is 55.4 Å². The monoisotopic (exact) mass is 339 g/mol. The van der Waals surface area contributed by atoms with E-state index in [-0.39, 0.29) is 15.9 Å². The van der Waals surface area contributed by atoms with Crippen molar-refractivity contribution in [2.45, 2.75) is 18.2 Å². The number of ether oxygens (including phenoxy) is 1. The van der Waals surface area contributed by atoms with Gasteiger partial charge >= 0.3 is 0 Å². The Balaban J connectivity index is 2.60. The molecule has 0 spiro atoms. The van der Waals surface area contributed by atoms with Crippen LogP contribution in [-0.2, 0) is 14.8 Å². The predicted octanol–water partition coefficient (Wildman–Crippen LogP) is 2.29.